The number of azo groups is 2. The molecule has 0 heterocycles. The van der Waals surface area contributed by atoms with E-state index in [-0.39, 0.29) is 77.9 Å². The van der Waals surface area contributed by atoms with Crippen molar-refractivity contribution in [1.82, 2.24) is 0 Å². The third-order valence-corrected chi connectivity index (χ3v) is 9.98. The number of hydrogen-bond donors (Lipinski definition) is 6. The van der Waals surface area contributed by atoms with Crippen LogP contribution in [-0.2, 0) is 20.2 Å². The van der Waals surface area contributed by atoms with Gasteiger partial charge < -0.3 is 21.7 Å². The monoisotopic (exact) mass is 738 g/mol. The molecule has 0 radical (unpaired) electrons. The standard InChI is InChI=1S/C34H22N6O10S2/c35-23-9-7-17-21(11-15(13-27(17)41)51(45,46)47)31(23)39-37-25-5-1-3-19-29(25)34(44)20-4-2-6-26(30(20)33(19)43)38-40-32-22-12-16(52(48,49)50)14-28(42)18(22)8-10-24(32)36/h1-14,41-42H,35-36H2,(H,45,46,47)(H,48,49,50). The highest BCUT2D eigenvalue weighted by atomic mass is 32.2. The molecule has 6 aromatic carbocycles. The predicted molar refractivity (Wildman–Crippen MR) is 188 cm³/mol. The van der Waals surface area contributed by atoms with Crippen LogP contribution in [0.3, 0.4) is 0 Å². The number of aromatic hydroxyl groups is 2. The van der Waals surface area contributed by atoms with Gasteiger partial charge in [0.1, 0.15) is 22.9 Å². The molecule has 18 heteroatoms. The molecule has 0 bridgehead atoms. The van der Waals surface area contributed by atoms with Gasteiger partial charge in [-0.25, -0.2) is 0 Å². The fraction of sp³-hybridized carbons (Fsp3) is 0. The smallest absolute Gasteiger partial charge is 0.294 e. The third-order valence-electron chi connectivity index (χ3n) is 8.32. The molecular weight excluding hydrogens is 717 g/mol. The Morgan fingerprint density at radius 3 is 1.25 bits per heavy atom. The first-order chi connectivity index (χ1) is 24.5. The second-order valence-corrected chi connectivity index (χ2v) is 14.3. The number of nitrogens with zero attached hydrogens (tertiary/aromatic N) is 4. The summed E-state index contributed by atoms with van der Waals surface area (Å²) in [7, 11) is -9.46. The number of hydrogen-bond acceptors (Lipinski definition) is 14. The molecule has 0 atom stereocenters. The molecule has 260 valence electrons. The summed E-state index contributed by atoms with van der Waals surface area (Å²) in [6, 6.07) is 18.0. The zero-order valence-corrected chi connectivity index (χ0v) is 27.7. The van der Waals surface area contributed by atoms with Crippen molar-refractivity contribution in [1.29, 1.82) is 0 Å². The van der Waals surface area contributed by atoms with E-state index in [9.17, 15) is 45.7 Å². The number of ketones is 2. The van der Waals surface area contributed by atoms with Crippen LogP contribution in [0.15, 0.2) is 115 Å². The normalized spacial score (nSPS) is 13.3. The topological polar surface area (TPSA) is 285 Å². The van der Waals surface area contributed by atoms with Crippen LogP contribution in [0, 0.1) is 0 Å². The maximum absolute atomic E-state index is 14.0. The average Bonchev–Trinajstić information content (AvgIpc) is 3.08. The van der Waals surface area contributed by atoms with E-state index >= 15 is 0 Å². The Morgan fingerprint density at radius 1 is 0.500 bits per heavy atom. The van der Waals surface area contributed by atoms with Crippen molar-refractivity contribution in [3.05, 3.63) is 107 Å². The number of benzene rings is 6. The second-order valence-electron chi connectivity index (χ2n) is 11.5. The van der Waals surface area contributed by atoms with Crippen molar-refractivity contribution in [3.63, 3.8) is 0 Å². The predicted octanol–water partition coefficient (Wildman–Crippen LogP) is 6.67. The summed E-state index contributed by atoms with van der Waals surface area (Å²) in [5, 5.41) is 37.9. The summed E-state index contributed by atoms with van der Waals surface area (Å²) in [5.41, 5.74) is 11.7. The zero-order valence-electron chi connectivity index (χ0n) is 26.1. The molecule has 8 N–H and O–H groups in total. The molecule has 0 aliphatic heterocycles. The fourth-order valence-corrected chi connectivity index (χ4v) is 6.94. The van der Waals surface area contributed by atoms with Gasteiger partial charge in [-0.2, -0.15) is 16.8 Å². The van der Waals surface area contributed by atoms with Crippen LogP contribution in [0.25, 0.3) is 21.5 Å². The largest absolute Gasteiger partial charge is 0.507 e. The van der Waals surface area contributed by atoms with Crippen molar-refractivity contribution < 1.29 is 45.7 Å². The van der Waals surface area contributed by atoms with Gasteiger partial charge in [-0.15, -0.1) is 20.5 Å². The van der Waals surface area contributed by atoms with Gasteiger partial charge >= 0.3 is 0 Å². The van der Waals surface area contributed by atoms with Crippen LogP contribution >= 0.6 is 0 Å². The number of nitrogens with two attached hydrogens (primary N) is 2. The highest BCUT2D eigenvalue weighted by Gasteiger charge is 2.34. The lowest BCUT2D eigenvalue weighted by molar-refractivity contribution is 0.0980. The summed E-state index contributed by atoms with van der Waals surface area (Å²) in [5.74, 6) is -2.21. The summed E-state index contributed by atoms with van der Waals surface area (Å²) in [4.78, 5) is 26.7. The Balaban J connectivity index is 1.32. The highest BCUT2D eigenvalue weighted by molar-refractivity contribution is 7.86. The van der Waals surface area contributed by atoms with E-state index in [0.29, 0.717) is 0 Å². The molecule has 0 aromatic heterocycles. The Kier molecular flexibility index (Phi) is 7.83. The highest BCUT2D eigenvalue weighted by Crippen LogP contribution is 2.43. The number of rotatable bonds is 6. The lowest BCUT2D eigenvalue weighted by atomic mass is 9.82. The second kappa shape index (κ2) is 12.0. The van der Waals surface area contributed by atoms with Gasteiger partial charge in [-0.1, -0.05) is 24.3 Å². The number of phenolic OH excluding ortho intramolecular Hbond substituents is 2. The first-order valence-corrected chi connectivity index (χ1v) is 17.7. The zero-order chi connectivity index (χ0) is 37.3. The average molecular weight is 739 g/mol. The van der Waals surface area contributed by atoms with Crippen LogP contribution in [0.2, 0.25) is 0 Å². The van der Waals surface area contributed by atoms with Crippen LogP contribution in [0.4, 0.5) is 34.1 Å². The van der Waals surface area contributed by atoms with Gasteiger partial charge in [-0.05, 0) is 48.5 Å². The quantitative estimate of drug-likeness (QED) is 0.0592. The van der Waals surface area contributed by atoms with Crippen molar-refractivity contribution in [3.8, 4) is 11.5 Å². The maximum atomic E-state index is 14.0. The van der Waals surface area contributed by atoms with Gasteiger partial charge in [-0.3, -0.25) is 18.7 Å². The van der Waals surface area contributed by atoms with Gasteiger partial charge in [0, 0.05) is 44.8 Å². The van der Waals surface area contributed by atoms with Gasteiger partial charge in [0.25, 0.3) is 20.2 Å². The minimum atomic E-state index is -4.73. The number of nitrogen functional groups attached to an aromatic ring is 2. The van der Waals surface area contributed by atoms with Crippen LogP contribution < -0.4 is 11.5 Å². The lowest BCUT2D eigenvalue weighted by Crippen LogP contribution is -2.21. The molecular formula is C34H22N6O10S2. The summed E-state index contributed by atoms with van der Waals surface area (Å²) >= 11 is 0. The number of phenols is 2. The first-order valence-electron chi connectivity index (χ1n) is 14.8. The fourth-order valence-electron chi connectivity index (χ4n) is 5.88. The maximum Gasteiger partial charge on any atom is 0.294 e. The van der Waals surface area contributed by atoms with Crippen molar-refractivity contribution >= 4 is 87.5 Å². The van der Waals surface area contributed by atoms with Gasteiger partial charge in [0.05, 0.1) is 43.7 Å². The molecule has 1 aliphatic rings. The van der Waals surface area contributed by atoms with Crippen molar-refractivity contribution in [2.45, 2.75) is 9.79 Å². The van der Waals surface area contributed by atoms with Gasteiger partial charge in [0.15, 0.2) is 11.6 Å². The van der Waals surface area contributed by atoms with Crippen molar-refractivity contribution in [2.75, 3.05) is 11.5 Å². The molecule has 16 nitrogen and oxygen atoms in total. The molecule has 1 aliphatic carbocycles. The SMILES string of the molecule is Nc1ccc2c(O)cc(S(=O)(=O)O)cc2c1N=Nc1cccc2c1C(=O)c1cccc(N=Nc3c(N)ccc4c(O)cc(S(=O)(=O)O)cc34)c1C2=O. The van der Waals surface area contributed by atoms with E-state index < -0.39 is 53.1 Å². The number of anilines is 2. The van der Waals surface area contributed by atoms with Crippen LogP contribution in [-0.4, -0.2) is 47.7 Å². The number of carbonyl (C=O) groups is 2. The number of fused-ring (bicyclic) bond motifs is 4. The van der Waals surface area contributed by atoms with Crippen molar-refractivity contribution in [2.24, 2.45) is 20.5 Å². The van der Waals surface area contributed by atoms with Crippen LogP contribution in [0.5, 0.6) is 11.5 Å². The Bertz CT molecular complexity index is 2690. The summed E-state index contributed by atoms with van der Waals surface area (Å²) < 4.78 is 66.5. The van der Waals surface area contributed by atoms with E-state index in [4.69, 9.17) is 11.5 Å². The summed E-state index contributed by atoms with van der Waals surface area (Å²) in [6.07, 6.45) is 0. The van der Waals surface area contributed by atoms with E-state index in [2.05, 4.69) is 20.5 Å². The molecule has 0 fully saturated rings. The van der Waals surface area contributed by atoms with E-state index in [1.54, 1.807) is 0 Å². The summed E-state index contributed by atoms with van der Waals surface area (Å²) in [6.45, 7) is 0. The van der Waals surface area contributed by atoms with E-state index in [0.717, 1.165) is 24.3 Å². The first kappa shape index (κ1) is 33.9. The number of carbonyl (C=O) groups excluding carboxylic acids is 2. The minimum Gasteiger partial charge on any atom is -0.507 e. The van der Waals surface area contributed by atoms with Crippen LogP contribution in [0.1, 0.15) is 31.8 Å². The molecule has 7 rings (SSSR count). The Hall–Kier alpha value is -6.60. The Labute approximate surface area is 292 Å². The minimum absolute atomic E-state index is 0.0203. The molecule has 6 aromatic rings. The molecule has 52 heavy (non-hydrogen) atoms. The third kappa shape index (κ3) is 5.66. The lowest BCUT2D eigenvalue weighted by Gasteiger charge is -2.19. The molecule has 0 spiro atoms. The molecule has 0 unspecified atom stereocenters. The molecule has 0 saturated carbocycles. The molecule has 0 amide bonds. The van der Waals surface area contributed by atoms with Gasteiger partial charge in [0.2, 0.25) is 0 Å². The van der Waals surface area contributed by atoms with E-state index in [1.165, 1.54) is 60.7 Å². The molecule has 0 saturated heterocycles. The van der Waals surface area contributed by atoms with E-state index in [1.807, 2.05) is 0 Å². The Morgan fingerprint density at radius 2 is 0.885 bits per heavy atom.